The Bertz CT molecular complexity index is 1030. The van der Waals surface area contributed by atoms with E-state index in [1.807, 2.05) is 26.0 Å². The van der Waals surface area contributed by atoms with Crippen molar-refractivity contribution >= 4 is 11.7 Å². The van der Waals surface area contributed by atoms with E-state index in [9.17, 15) is 14.0 Å². The number of nitrogens with zero attached hydrogens (tertiary/aromatic N) is 1. The fourth-order valence-electron chi connectivity index (χ4n) is 3.01. The van der Waals surface area contributed by atoms with Gasteiger partial charge in [-0.1, -0.05) is 19.9 Å². The first-order chi connectivity index (χ1) is 14.3. The number of pyridine rings is 1. The molecular formula is C24H23FN2O3. The van der Waals surface area contributed by atoms with E-state index in [-0.39, 0.29) is 29.1 Å². The van der Waals surface area contributed by atoms with Gasteiger partial charge in [-0.3, -0.25) is 9.59 Å². The lowest BCUT2D eigenvalue weighted by Crippen LogP contribution is -2.43. The second-order valence-corrected chi connectivity index (χ2v) is 7.29. The van der Waals surface area contributed by atoms with Crippen molar-refractivity contribution in [3.05, 3.63) is 78.2 Å². The molecule has 0 aliphatic rings. The monoisotopic (exact) mass is 406 g/mol. The summed E-state index contributed by atoms with van der Waals surface area (Å²) in [4.78, 5) is 28.7. The van der Waals surface area contributed by atoms with Gasteiger partial charge in [-0.05, 0) is 73.5 Å². The van der Waals surface area contributed by atoms with Gasteiger partial charge in [0.15, 0.2) is 5.78 Å². The molecule has 3 rings (SSSR count). The maximum absolute atomic E-state index is 13.0. The molecular weight excluding hydrogens is 383 g/mol. The molecule has 1 N–H and O–H groups in total. The summed E-state index contributed by atoms with van der Waals surface area (Å²) in [7, 11) is 0. The van der Waals surface area contributed by atoms with Crippen LogP contribution in [0.25, 0.3) is 11.3 Å². The number of ketones is 1. The minimum atomic E-state index is -0.550. The third-order valence-electron chi connectivity index (χ3n) is 4.57. The first-order valence-electron chi connectivity index (χ1n) is 9.65. The topological polar surface area (TPSA) is 68.3 Å². The number of hydrogen-bond acceptors (Lipinski definition) is 4. The number of aromatic nitrogens is 1. The molecule has 1 heterocycles. The van der Waals surface area contributed by atoms with Crippen molar-refractivity contribution < 1.29 is 18.7 Å². The van der Waals surface area contributed by atoms with Crippen LogP contribution in [0, 0.1) is 11.7 Å². The number of carbonyl (C=O) groups excluding carboxylic acids is 2. The SMILES string of the molecule is CC(=O)[C@@H](NC(=O)c1cccc(-c2ccc(Oc3ccc(F)cc3)cc2)n1)C(C)C. The van der Waals surface area contributed by atoms with Crippen LogP contribution in [0.1, 0.15) is 31.3 Å². The second-order valence-electron chi connectivity index (χ2n) is 7.29. The molecule has 3 aromatic rings. The Morgan fingerprint density at radius 1 is 0.933 bits per heavy atom. The van der Waals surface area contributed by atoms with Crippen LogP contribution in [0.3, 0.4) is 0 Å². The number of amides is 1. The highest BCUT2D eigenvalue weighted by molar-refractivity contribution is 5.96. The molecule has 6 heteroatoms. The Labute approximate surface area is 174 Å². The molecule has 2 aromatic carbocycles. The molecule has 1 atom stereocenters. The van der Waals surface area contributed by atoms with E-state index in [0.29, 0.717) is 17.2 Å². The lowest BCUT2D eigenvalue weighted by atomic mass is 10.0. The molecule has 0 fully saturated rings. The van der Waals surface area contributed by atoms with Gasteiger partial charge in [0.25, 0.3) is 5.91 Å². The fourth-order valence-corrected chi connectivity index (χ4v) is 3.01. The van der Waals surface area contributed by atoms with E-state index in [1.165, 1.54) is 19.1 Å². The zero-order valence-electron chi connectivity index (χ0n) is 17.1. The number of hydrogen-bond donors (Lipinski definition) is 1. The van der Waals surface area contributed by atoms with Gasteiger partial charge in [0.2, 0.25) is 0 Å². The zero-order valence-corrected chi connectivity index (χ0v) is 17.1. The molecule has 0 unspecified atom stereocenters. The highest BCUT2D eigenvalue weighted by Crippen LogP contribution is 2.25. The van der Waals surface area contributed by atoms with E-state index in [2.05, 4.69) is 10.3 Å². The van der Waals surface area contributed by atoms with Gasteiger partial charge in [0.1, 0.15) is 23.0 Å². The van der Waals surface area contributed by atoms with E-state index in [1.54, 1.807) is 42.5 Å². The summed E-state index contributed by atoms with van der Waals surface area (Å²) in [6.07, 6.45) is 0. The predicted octanol–water partition coefficient (Wildman–Crippen LogP) is 5.02. The Hall–Kier alpha value is -3.54. The van der Waals surface area contributed by atoms with Crippen molar-refractivity contribution in [1.82, 2.24) is 10.3 Å². The molecule has 30 heavy (non-hydrogen) atoms. The van der Waals surface area contributed by atoms with Gasteiger partial charge < -0.3 is 10.1 Å². The van der Waals surface area contributed by atoms with E-state index in [0.717, 1.165) is 5.56 Å². The first-order valence-corrected chi connectivity index (χ1v) is 9.65. The minimum absolute atomic E-state index is 0.0108. The lowest BCUT2D eigenvalue weighted by molar-refractivity contribution is -0.119. The number of benzene rings is 2. The zero-order chi connectivity index (χ0) is 21.7. The van der Waals surface area contributed by atoms with Crippen molar-refractivity contribution in [3.63, 3.8) is 0 Å². The smallest absolute Gasteiger partial charge is 0.270 e. The van der Waals surface area contributed by atoms with Crippen LogP contribution < -0.4 is 10.1 Å². The van der Waals surface area contributed by atoms with Gasteiger partial charge >= 0.3 is 0 Å². The molecule has 0 aliphatic carbocycles. The van der Waals surface area contributed by atoms with Crippen LogP contribution in [0.15, 0.2) is 66.7 Å². The average Bonchev–Trinajstić information content (AvgIpc) is 2.73. The Kier molecular flexibility index (Phi) is 6.57. The van der Waals surface area contributed by atoms with Crippen molar-refractivity contribution in [2.45, 2.75) is 26.8 Å². The highest BCUT2D eigenvalue weighted by atomic mass is 19.1. The molecule has 0 saturated carbocycles. The number of rotatable bonds is 7. The molecule has 1 aromatic heterocycles. The van der Waals surface area contributed by atoms with Crippen molar-refractivity contribution in [1.29, 1.82) is 0 Å². The number of nitrogens with one attached hydrogen (secondary N) is 1. The number of carbonyl (C=O) groups is 2. The van der Waals surface area contributed by atoms with Crippen LogP contribution in [0.4, 0.5) is 4.39 Å². The normalized spacial score (nSPS) is 11.8. The van der Waals surface area contributed by atoms with Gasteiger partial charge in [-0.2, -0.15) is 0 Å². The summed E-state index contributed by atoms with van der Waals surface area (Å²) < 4.78 is 18.7. The molecule has 0 bridgehead atoms. The minimum Gasteiger partial charge on any atom is -0.457 e. The average molecular weight is 406 g/mol. The fraction of sp³-hybridized carbons (Fsp3) is 0.208. The maximum Gasteiger partial charge on any atom is 0.270 e. The Balaban J connectivity index is 1.74. The summed E-state index contributed by atoms with van der Waals surface area (Å²) in [5, 5.41) is 2.75. The van der Waals surface area contributed by atoms with Gasteiger partial charge in [-0.15, -0.1) is 0 Å². The van der Waals surface area contributed by atoms with Crippen molar-refractivity contribution in [3.8, 4) is 22.8 Å². The standard InChI is InChI=1S/C24H23FN2O3/c1-15(2)23(16(3)28)27-24(29)22-6-4-5-21(26-22)17-7-11-19(12-8-17)30-20-13-9-18(25)10-14-20/h4-15,23H,1-3H3,(H,27,29)/t23-/m0/s1. The number of ether oxygens (including phenoxy) is 1. The van der Waals surface area contributed by atoms with Gasteiger partial charge in [0, 0.05) is 5.56 Å². The number of Topliss-reactive ketones (excluding diaryl/α,β-unsaturated/α-hetero) is 1. The van der Waals surface area contributed by atoms with Crippen LogP contribution in [0.5, 0.6) is 11.5 Å². The molecule has 154 valence electrons. The number of halogens is 1. The Morgan fingerprint density at radius 3 is 2.10 bits per heavy atom. The second kappa shape index (κ2) is 9.31. The predicted molar refractivity (Wildman–Crippen MR) is 113 cm³/mol. The van der Waals surface area contributed by atoms with Crippen molar-refractivity contribution in [2.24, 2.45) is 5.92 Å². The van der Waals surface area contributed by atoms with Gasteiger partial charge in [0.05, 0.1) is 11.7 Å². The summed E-state index contributed by atoms with van der Waals surface area (Å²) in [5.74, 6) is 0.318. The summed E-state index contributed by atoms with van der Waals surface area (Å²) >= 11 is 0. The summed E-state index contributed by atoms with van der Waals surface area (Å²) in [5.41, 5.74) is 1.68. The first kappa shape index (κ1) is 21.2. The maximum atomic E-state index is 13.0. The van der Waals surface area contributed by atoms with Crippen LogP contribution >= 0.6 is 0 Å². The summed E-state index contributed by atoms with van der Waals surface area (Å²) in [6, 6.07) is 17.6. The molecule has 0 saturated heterocycles. The Morgan fingerprint density at radius 2 is 1.53 bits per heavy atom. The van der Waals surface area contributed by atoms with Crippen LogP contribution in [-0.4, -0.2) is 22.7 Å². The van der Waals surface area contributed by atoms with E-state index in [4.69, 9.17) is 4.74 Å². The lowest BCUT2D eigenvalue weighted by Gasteiger charge is -2.19. The van der Waals surface area contributed by atoms with Crippen LogP contribution in [0.2, 0.25) is 0 Å². The molecule has 0 radical (unpaired) electrons. The van der Waals surface area contributed by atoms with E-state index >= 15 is 0 Å². The van der Waals surface area contributed by atoms with Crippen molar-refractivity contribution in [2.75, 3.05) is 0 Å². The molecule has 0 aliphatic heterocycles. The highest BCUT2D eigenvalue weighted by Gasteiger charge is 2.22. The van der Waals surface area contributed by atoms with E-state index < -0.39 is 6.04 Å². The molecule has 0 spiro atoms. The molecule has 5 nitrogen and oxygen atoms in total. The quantitative estimate of drug-likeness (QED) is 0.598. The third kappa shape index (κ3) is 5.29. The van der Waals surface area contributed by atoms with Gasteiger partial charge in [-0.25, -0.2) is 9.37 Å². The molecule has 1 amide bonds. The van der Waals surface area contributed by atoms with Crippen LogP contribution in [-0.2, 0) is 4.79 Å². The summed E-state index contributed by atoms with van der Waals surface area (Å²) in [6.45, 7) is 5.22. The largest absolute Gasteiger partial charge is 0.457 e. The third-order valence-corrected chi connectivity index (χ3v) is 4.57.